The number of ether oxygens (including phenoxy) is 1. The first kappa shape index (κ1) is 15.6. The van der Waals surface area contributed by atoms with Gasteiger partial charge in [-0.05, 0) is 27.2 Å². The van der Waals surface area contributed by atoms with Gasteiger partial charge in [0.05, 0.1) is 6.61 Å². The predicted octanol–water partition coefficient (Wildman–Crippen LogP) is 1.29. The molecular weight excluding hydrogens is 222 g/mol. The largest absolute Gasteiger partial charge is 0.480 e. The number of amides is 1. The highest BCUT2D eigenvalue weighted by molar-refractivity contribution is 5.84. The van der Waals surface area contributed by atoms with Gasteiger partial charge in [0.1, 0.15) is 12.6 Å². The first-order chi connectivity index (χ1) is 7.90. The molecule has 1 atom stereocenters. The van der Waals surface area contributed by atoms with Gasteiger partial charge in [0, 0.05) is 6.04 Å². The molecule has 1 amide bonds. The van der Waals surface area contributed by atoms with Gasteiger partial charge in [-0.1, -0.05) is 6.08 Å². The second kappa shape index (κ2) is 7.84. The van der Waals surface area contributed by atoms with Crippen LogP contribution < -0.4 is 0 Å². The highest BCUT2D eigenvalue weighted by Crippen LogP contribution is 2.05. The van der Waals surface area contributed by atoms with E-state index >= 15 is 0 Å². The number of carbonyl (C=O) groups excluding carboxylic acids is 1. The minimum Gasteiger partial charge on any atom is -0.480 e. The lowest BCUT2D eigenvalue weighted by atomic mass is 10.2. The fourth-order valence-corrected chi connectivity index (χ4v) is 1.29. The molecule has 5 heteroatoms. The van der Waals surface area contributed by atoms with E-state index < -0.39 is 12.1 Å². The van der Waals surface area contributed by atoms with Crippen LogP contribution in [0.15, 0.2) is 12.7 Å². The topological polar surface area (TPSA) is 66.8 Å². The normalized spacial score (nSPS) is 12.2. The quantitative estimate of drug-likeness (QED) is 0.515. The number of carbonyl (C=O) groups is 2. The van der Waals surface area contributed by atoms with Crippen molar-refractivity contribution in [3.8, 4) is 0 Å². The van der Waals surface area contributed by atoms with Crippen molar-refractivity contribution in [2.45, 2.75) is 39.3 Å². The van der Waals surface area contributed by atoms with Crippen LogP contribution in [-0.2, 0) is 14.3 Å². The number of nitrogens with zero attached hydrogens (tertiary/aromatic N) is 1. The molecule has 0 rings (SSSR count). The van der Waals surface area contributed by atoms with Gasteiger partial charge in [-0.3, -0.25) is 9.59 Å². The molecule has 0 heterocycles. The van der Waals surface area contributed by atoms with Gasteiger partial charge in [-0.25, -0.2) is 0 Å². The van der Waals surface area contributed by atoms with Crippen LogP contribution in [0.2, 0.25) is 0 Å². The summed E-state index contributed by atoms with van der Waals surface area (Å²) in [5, 5.41) is 8.73. The Hall–Kier alpha value is -1.36. The zero-order chi connectivity index (χ0) is 13.4. The van der Waals surface area contributed by atoms with E-state index in [4.69, 9.17) is 9.84 Å². The molecule has 0 saturated carbocycles. The first-order valence-corrected chi connectivity index (χ1v) is 5.65. The summed E-state index contributed by atoms with van der Waals surface area (Å²) in [5.74, 6) is -1.32. The van der Waals surface area contributed by atoms with Crippen molar-refractivity contribution in [1.29, 1.82) is 0 Å². The molecule has 0 aliphatic rings. The number of aliphatic carboxylic acids is 1. The first-order valence-electron chi connectivity index (χ1n) is 5.65. The highest BCUT2D eigenvalue weighted by atomic mass is 16.5. The molecule has 0 aliphatic carbocycles. The number of rotatable bonds is 8. The highest BCUT2D eigenvalue weighted by Gasteiger charge is 2.24. The minimum absolute atomic E-state index is 0.163. The number of carboxylic acids is 1. The van der Waals surface area contributed by atoms with E-state index in [0.29, 0.717) is 13.0 Å². The lowest BCUT2D eigenvalue weighted by Crippen LogP contribution is -2.45. The number of carboxylic acid groups (broad SMARTS) is 1. The Balaban J connectivity index is 4.38. The van der Waals surface area contributed by atoms with Crippen molar-refractivity contribution in [2.75, 3.05) is 13.2 Å². The molecule has 0 aromatic heterocycles. The van der Waals surface area contributed by atoms with Gasteiger partial charge in [0.15, 0.2) is 0 Å². The Morgan fingerprint density at radius 3 is 2.41 bits per heavy atom. The maximum atomic E-state index is 11.9. The zero-order valence-electron chi connectivity index (χ0n) is 10.7. The average Bonchev–Trinajstić information content (AvgIpc) is 2.24. The zero-order valence-corrected chi connectivity index (χ0v) is 10.7. The van der Waals surface area contributed by atoms with Crippen molar-refractivity contribution in [1.82, 2.24) is 4.90 Å². The molecule has 0 aromatic carbocycles. The van der Waals surface area contributed by atoms with Crippen LogP contribution in [0.1, 0.15) is 27.2 Å². The summed E-state index contributed by atoms with van der Waals surface area (Å²) in [6.07, 6.45) is 1.74. The van der Waals surface area contributed by atoms with Crippen LogP contribution in [0.4, 0.5) is 0 Å². The van der Waals surface area contributed by atoms with E-state index in [0.717, 1.165) is 0 Å². The summed E-state index contributed by atoms with van der Waals surface area (Å²) in [5.41, 5.74) is 0. The lowest BCUT2D eigenvalue weighted by Gasteiger charge is -2.27. The molecule has 1 N–H and O–H groups in total. The fraction of sp³-hybridized carbons (Fsp3) is 0.667. The molecule has 98 valence electrons. The summed E-state index contributed by atoms with van der Waals surface area (Å²) in [6.45, 7) is 8.84. The van der Waals surface area contributed by atoms with Gasteiger partial charge in [0.25, 0.3) is 5.91 Å². The summed E-state index contributed by atoms with van der Waals surface area (Å²) in [7, 11) is 0. The molecule has 0 bridgehead atoms. The molecule has 0 aromatic rings. The monoisotopic (exact) mass is 243 g/mol. The lowest BCUT2D eigenvalue weighted by molar-refractivity contribution is -0.151. The Morgan fingerprint density at radius 2 is 2.00 bits per heavy atom. The van der Waals surface area contributed by atoms with E-state index in [9.17, 15) is 9.59 Å². The van der Waals surface area contributed by atoms with Gasteiger partial charge in [-0.15, -0.1) is 6.58 Å². The second-order valence-corrected chi connectivity index (χ2v) is 4.04. The minimum atomic E-state index is -1.02. The molecule has 0 spiro atoms. The van der Waals surface area contributed by atoms with Gasteiger partial charge < -0.3 is 14.7 Å². The second-order valence-electron chi connectivity index (χ2n) is 4.04. The Labute approximate surface area is 102 Å². The van der Waals surface area contributed by atoms with E-state index in [2.05, 4.69) is 6.58 Å². The predicted molar refractivity (Wildman–Crippen MR) is 64.7 cm³/mol. The third-order valence-electron chi connectivity index (χ3n) is 2.25. The van der Waals surface area contributed by atoms with Crippen molar-refractivity contribution in [2.24, 2.45) is 0 Å². The van der Waals surface area contributed by atoms with Crippen LogP contribution in [-0.4, -0.2) is 47.2 Å². The SMILES string of the molecule is C=CCCOC(C)C(=O)N(CC(=O)O)C(C)C. The maximum absolute atomic E-state index is 11.9. The van der Waals surface area contributed by atoms with Crippen LogP contribution in [0.25, 0.3) is 0 Å². The third kappa shape index (κ3) is 6.06. The molecule has 17 heavy (non-hydrogen) atoms. The van der Waals surface area contributed by atoms with Crippen LogP contribution in [0.3, 0.4) is 0 Å². The standard InChI is InChI=1S/C12H21NO4/c1-5-6-7-17-10(4)12(16)13(9(2)3)8-11(14)15/h5,9-10H,1,6-8H2,2-4H3,(H,14,15). The molecular formula is C12H21NO4. The van der Waals surface area contributed by atoms with E-state index in [1.807, 2.05) is 0 Å². The Kier molecular flexibility index (Phi) is 7.21. The summed E-state index contributed by atoms with van der Waals surface area (Å²) in [6, 6.07) is -0.163. The molecule has 0 radical (unpaired) electrons. The summed E-state index contributed by atoms with van der Waals surface area (Å²) in [4.78, 5) is 23.9. The molecule has 5 nitrogen and oxygen atoms in total. The van der Waals surface area contributed by atoms with Gasteiger partial charge in [0.2, 0.25) is 0 Å². The summed E-state index contributed by atoms with van der Waals surface area (Å²) < 4.78 is 5.30. The van der Waals surface area contributed by atoms with Crippen LogP contribution >= 0.6 is 0 Å². The molecule has 0 aliphatic heterocycles. The van der Waals surface area contributed by atoms with E-state index in [1.165, 1.54) is 4.90 Å². The smallest absolute Gasteiger partial charge is 0.323 e. The average molecular weight is 243 g/mol. The van der Waals surface area contributed by atoms with Crippen molar-refractivity contribution >= 4 is 11.9 Å². The van der Waals surface area contributed by atoms with E-state index in [1.54, 1.807) is 26.8 Å². The molecule has 0 saturated heterocycles. The van der Waals surface area contributed by atoms with Gasteiger partial charge in [-0.2, -0.15) is 0 Å². The fourth-order valence-electron chi connectivity index (χ4n) is 1.29. The van der Waals surface area contributed by atoms with Crippen molar-refractivity contribution in [3.05, 3.63) is 12.7 Å². The molecule has 0 fully saturated rings. The van der Waals surface area contributed by atoms with Crippen LogP contribution in [0, 0.1) is 0 Å². The van der Waals surface area contributed by atoms with Crippen LogP contribution in [0.5, 0.6) is 0 Å². The number of hydrogen-bond acceptors (Lipinski definition) is 3. The van der Waals surface area contributed by atoms with Crippen molar-refractivity contribution < 1.29 is 19.4 Å². The molecule has 1 unspecified atom stereocenters. The Morgan fingerprint density at radius 1 is 1.41 bits per heavy atom. The van der Waals surface area contributed by atoms with Gasteiger partial charge >= 0.3 is 5.97 Å². The Bertz CT molecular complexity index is 276. The number of hydrogen-bond donors (Lipinski definition) is 1. The summed E-state index contributed by atoms with van der Waals surface area (Å²) >= 11 is 0. The van der Waals surface area contributed by atoms with E-state index in [-0.39, 0.29) is 18.5 Å². The maximum Gasteiger partial charge on any atom is 0.323 e. The third-order valence-corrected chi connectivity index (χ3v) is 2.25. The van der Waals surface area contributed by atoms with Crippen molar-refractivity contribution in [3.63, 3.8) is 0 Å².